The molecule has 3 heteroatoms. The highest BCUT2D eigenvalue weighted by atomic mass is 16.7. The lowest BCUT2D eigenvalue weighted by atomic mass is 9.89. The summed E-state index contributed by atoms with van der Waals surface area (Å²) in [4.78, 5) is 0. The van der Waals surface area contributed by atoms with Gasteiger partial charge in [-0.3, -0.25) is 0 Å². The number of methoxy groups -OCH3 is 1. The number of hydrogen-bond donors (Lipinski definition) is 0. The zero-order valence-electron chi connectivity index (χ0n) is 15.5. The van der Waals surface area contributed by atoms with Crippen molar-refractivity contribution in [3.63, 3.8) is 0 Å². The molecule has 3 nitrogen and oxygen atoms in total. The van der Waals surface area contributed by atoms with Crippen LogP contribution in [0.15, 0.2) is 66.7 Å². The van der Waals surface area contributed by atoms with Gasteiger partial charge >= 0.3 is 0 Å². The van der Waals surface area contributed by atoms with E-state index in [2.05, 4.69) is 38.1 Å². The Morgan fingerprint density at radius 3 is 2.15 bits per heavy atom. The summed E-state index contributed by atoms with van der Waals surface area (Å²) < 4.78 is 18.7. The molecule has 0 unspecified atom stereocenters. The normalized spacial score (nSPS) is 18.6. The summed E-state index contributed by atoms with van der Waals surface area (Å²) in [6.45, 7) is 5.52. The van der Waals surface area contributed by atoms with Crippen LogP contribution in [-0.4, -0.2) is 20.3 Å². The Kier molecular flexibility index (Phi) is 4.22. The molecular formula is C23H24O3. The van der Waals surface area contributed by atoms with Gasteiger partial charge in [0.15, 0.2) is 0 Å². The van der Waals surface area contributed by atoms with Crippen LogP contribution in [0, 0.1) is 5.41 Å². The molecule has 1 heterocycles. The largest absolute Gasteiger partial charge is 0.496 e. The molecule has 26 heavy (non-hydrogen) atoms. The molecule has 0 spiro atoms. The Morgan fingerprint density at radius 2 is 1.46 bits per heavy atom. The molecule has 0 radical (unpaired) electrons. The third-order valence-corrected chi connectivity index (χ3v) is 4.92. The predicted octanol–water partition coefficient (Wildman–Crippen LogP) is 5.12. The van der Waals surface area contributed by atoms with Crippen LogP contribution in [0.4, 0.5) is 0 Å². The molecule has 134 valence electrons. The maximum atomic E-state index is 6.44. The Morgan fingerprint density at radius 1 is 0.808 bits per heavy atom. The second-order valence-corrected chi connectivity index (χ2v) is 7.59. The number of benzene rings is 3. The van der Waals surface area contributed by atoms with Gasteiger partial charge in [0, 0.05) is 16.4 Å². The summed E-state index contributed by atoms with van der Waals surface area (Å²) in [5.41, 5.74) is 1.85. The summed E-state index contributed by atoms with van der Waals surface area (Å²) in [6.07, 6.45) is 0. The average Bonchev–Trinajstić information content (AvgIpc) is 2.68. The lowest BCUT2D eigenvalue weighted by molar-refractivity contribution is -0.284. The van der Waals surface area contributed by atoms with E-state index in [4.69, 9.17) is 14.2 Å². The molecule has 0 aliphatic carbocycles. The van der Waals surface area contributed by atoms with Crippen LogP contribution < -0.4 is 4.74 Å². The lowest BCUT2D eigenvalue weighted by Crippen LogP contribution is -2.46. The van der Waals surface area contributed by atoms with Crippen molar-refractivity contribution in [2.24, 2.45) is 5.41 Å². The number of rotatable bonds is 3. The molecule has 1 aliphatic heterocycles. The van der Waals surface area contributed by atoms with Gasteiger partial charge in [0.25, 0.3) is 0 Å². The first-order chi connectivity index (χ1) is 12.6. The van der Waals surface area contributed by atoms with Crippen LogP contribution >= 0.6 is 0 Å². The van der Waals surface area contributed by atoms with E-state index in [0.29, 0.717) is 13.2 Å². The highest BCUT2D eigenvalue weighted by Gasteiger charge is 2.45. The maximum absolute atomic E-state index is 6.44. The molecule has 1 saturated heterocycles. The van der Waals surface area contributed by atoms with Gasteiger partial charge in [0.2, 0.25) is 5.79 Å². The van der Waals surface area contributed by atoms with Crippen molar-refractivity contribution >= 4 is 10.8 Å². The minimum atomic E-state index is -0.966. The molecular weight excluding hydrogens is 324 g/mol. The maximum Gasteiger partial charge on any atom is 0.226 e. The monoisotopic (exact) mass is 348 g/mol. The highest BCUT2D eigenvalue weighted by Crippen LogP contribution is 2.46. The van der Waals surface area contributed by atoms with E-state index in [1.54, 1.807) is 7.11 Å². The molecule has 3 aromatic carbocycles. The Balaban J connectivity index is 1.95. The first-order valence-electron chi connectivity index (χ1n) is 8.95. The van der Waals surface area contributed by atoms with Crippen LogP contribution in [0.2, 0.25) is 0 Å². The van der Waals surface area contributed by atoms with Crippen LogP contribution in [0.5, 0.6) is 5.75 Å². The minimum absolute atomic E-state index is 0.0254. The number of fused-ring (bicyclic) bond motifs is 1. The molecule has 0 N–H and O–H groups in total. The Hall–Kier alpha value is -2.36. The van der Waals surface area contributed by atoms with Crippen LogP contribution in [0.25, 0.3) is 10.8 Å². The number of ether oxygens (including phenoxy) is 3. The third-order valence-electron chi connectivity index (χ3n) is 4.92. The van der Waals surface area contributed by atoms with Crippen LogP contribution in [0.3, 0.4) is 0 Å². The van der Waals surface area contributed by atoms with Gasteiger partial charge in [-0.15, -0.1) is 0 Å². The van der Waals surface area contributed by atoms with Gasteiger partial charge in [0.1, 0.15) is 5.75 Å². The fourth-order valence-corrected chi connectivity index (χ4v) is 3.53. The summed E-state index contributed by atoms with van der Waals surface area (Å²) in [5.74, 6) is -0.168. The molecule has 0 bridgehead atoms. The Labute approximate surface area is 154 Å². The topological polar surface area (TPSA) is 27.7 Å². The standard InChI is InChI=1S/C23H24O3/c1-22(2)15-25-23(26-16-22,18-10-5-4-6-11-18)20-14-13-17-9-7-8-12-19(17)21(20)24-3/h4-14H,15-16H2,1-3H3. The van der Waals surface area contributed by atoms with E-state index in [1.807, 2.05) is 42.5 Å². The van der Waals surface area contributed by atoms with Gasteiger partial charge in [-0.1, -0.05) is 74.5 Å². The lowest BCUT2D eigenvalue weighted by Gasteiger charge is -2.44. The Bertz CT molecular complexity index is 905. The predicted molar refractivity (Wildman–Crippen MR) is 103 cm³/mol. The van der Waals surface area contributed by atoms with E-state index in [1.165, 1.54) is 0 Å². The van der Waals surface area contributed by atoms with Crippen molar-refractivity contribution < 1.29 is 14.2 Å². The van der Waals surface area contributed by atoms with Crippen molar-refractivity contribution in [2.75, 3.05) is 20.3 Å². The van der Waals surface area contributed by atoms with Crippen molar-refractivity contribution in [3.05, 3.63) is 77.9 Å². The smallest absolute Gasteiger partial charge is 0.226 e. The van der Waals surface area contributed by atoms with Gasteiger partial charge < -0.3 is 14.2 Å². The highest BCUT2D eigenvalue weighted by molar-refractivity contribution is 5.90. The van der Waals surface area contributed by atoms with Gasteiger partial charge in [-0.2, -0.15) is 0 Å². The van der Waals surface area contributed by atoms with Crippen molar-refractivity contribution in [2.45, 2.75) is 19.6 Å². The molecule has 3 aromatic rings. The first kappa shape index (κ1) is 17.1. The van der Waals surface area contributed by atoms with Gasteiger partial charge in [0.05, 0.1) is 25.9 Å². The van der Waals surface area contributed by atoms with Crippen LogP contribution in [-0.2, 0) is 15.3 Å². The quantitative estimate of drug-likeness (QED) is 0.657. The van der Waals surface area contributed by atoms with Crippen LogP contribution in [0.1, 0.15) is 25.0 Å². The molecule has 1 fully saturated rings. The fraction of sp³-hybridized carbons (Fsp3) is 0.304. The first-order valence-corrected chi connectivity index (χ1v) is 8.95. The van der Waals surface area contributed by atoms with E-state index < -0.39 is 5.79 Å². The van der Waals surface area contributed by atoms with Crippen molar-refractivity contribution in [1.82, 2.24) is 0 Å². The van der Waals surface area contributed by atoms with E-state index in [0.717, 1.165) is 27.6 Å². The third kappa shape index (κ3) is 2.77. The fourth-order valence-electron chi connectivity index (χ4n) is 3.53. The molecule has 0 saturated carbocycles. The van der Waals surface area contributed by atoms with Crippen molar-refractivity contribution in [3.8, 4) is 5.75 Å². The molecule has 0 aromatic heterocycles. The molecule has 1 aliphatic rings. The van der Waals surface area contributed by atoms with Crippen molar-refractivity contribution in [1.29, 1.82) is 0 Å². The summed E-state index contributed by atoms with van der Waals surface area (Å²) in [6, 6.07) is 22.5. The SMILES string of the molecule is COc1c(C2(c3ccccc3)OCC(C)(C)CO2)ccc2ccccc12. The van der Waals surface area contributed by atoms with E-state index in [9.17, 15) is 0 Å². The zero-order valence-corrected chi connectivity index (χ0v) is 15.5. The minimum Gasteiger partial charge on any atom is -0.496 e. The molecule has 0 atom stereocenters. The van der Waals surface area contributed by atoms with Gasteiger partial charge in [-0.05, 0) is 11.5 Å². The van der Waals surface area contributed by atoms with E-state index in [-0.39, 0.29) is 5.41 Å². The molecule has 0 amide bonds. The van der Waals surface area contributed by atoms with Gasteiger partial charge in [-0.25, -0.2) is 0 Å². The number of hydrogen-bond acceptors (Lipinski definition) is 3. The average molecular weight is 348 g/mol. The summed E-state index contributed by atoms with van der Waals surface area (Å²) in [7, 11) is 1.71. The summed E-state index contributed by atoms with van der Waals surface area (Å²) in [5, 5.41) is 2.19. The zero-order chi connectivity index (χ0) is 18.2. The van der Waals surface area contributed by atoms with E-state index >= 15 is 0 Å². The summed E-state index contributed by atoms with van der Waals surface area (Å²) >= 11 is 0. The molecule has 4 rings (SSSR count). The second-order valence-electron chi connectivity index (χ2n) is 7.59. The second kappa shape index (κ2) is 6.42.